The summed E-state index contributed by atoms with van der Waals surface area (Å²) in [6, 6.07) is 12.6. The number of rotatable bonds is 7. The summed E-state index contributed by atoms with van der Waals surface area (Å²) in [4.78, 5) is 9.54. The first-order valence-corrected chi connectivity index (χ1v) is 9.57. The van der Waals surface area contributed by atoms with E-state index >= 15 is 0 Å². The van der Waals surface area contributed by atoms with Crippen LogP contribution in [0, 0.1) is 0 Å². The second-order valence-electron chi connectivity index (χ2n) is 6.88. The van der Waals surface area contributed by atoms with E-state index in [1.807, 2.05) is 12.1 Å². The lowest BCUT2D eigenvalue weighted by molar-refractivity contribution is 0.287. The molecule has 1 saturated heterocycles. The van der Waals surface area contributed by atoms with Crippen molar-refractivity contribution < 1.29 is 4.42 Å². The minimum absolute atomic E-state index is 0.712. The molecule has 1 aliphatic heterocycles. The van der Waals surface area contributed by atoms with Gasteiger partial charge in [-0.1, -0.05) is 24.3 Å². The number of nitrogens with one attached hydrogen (secondary N) is 1. The predicted octanol–water partition coefficient (Wildman–Crippen LogP) is 3.47. The number of guanidine groups is 1. The topological polar surface area (TPSA) is 44.0 Å². The third-order valence-corrected chi connectivity index (χ3v) is 4.70. The van der Waals surface area contributed by atoms with Gasteiger partial charge < -0.3 is 14.6 Å². The fraction of sp³-hybridized carbons (Fsp3) is 0.476. The maximum Gasteiger partial charge on any atom is 0.194 e. The Labute approximate surface area is 156 Å². The van der Waals surface area contributed by atoms with E-state index in [1.54, 1.807) is 6.26 Å². The van der Waals surface area contributed by atoms with Crippen molar-refractivity contribution >= 4 is 5.96 Å². The molecule has 1 aromatic heterocycles. The molecule has 140 valence electrons. The molecule has 0 saturated carbocycles. The van der Waals surface area contributed by atoms with Crippen LogP contribution in [0.5, 0.6) is 0 Å². The summed E-state index contributed by atoms with van der Waals surface area (Å²) in [7, 11) is 2.12. The molecular formula is C21H30N4O. The molecule has 0 amide bonds. The summed E-state index contributed by atoms with van der Waals surface area (Å²) in [6.45, 7) is 7.65. The zero-order valence-corrected chi connectivity index (χ0v) is 15.9. The highest BCUT2D eigenvalue weighted by Crippen LogP contribution is 2.15. The fourth-order valence-electron chi connectivity index (χ4n) is 3.40. The Kier molecular flexibility index (Phi) is 6.72. The molecule has 1 fully saturated rings. The molecule has 26 heavy (non-hydrogen) atoms. The second-order valence-corrected chi connectivity index (χ2v) is 6.88. The Morgan fingerprint density at radius 3 is 2.58 bits per heavy atom. The maximum atomic E-state index is 5.46. The Bertz CT molecular complexity index is 690. The van der Waals surface area contributed by atoms with Gasteiger partial charge in [0.15, 0.2) is 5.96 Å². The normalized spacial score (nSPS) is 15.0. The molecule has 0 spiro atoms. The van der Waals surface area contributed by atoms with Gasteiger partial charge in [-0.2, -0.15) is 0 Å². The number of aliphatic imine (C=N–C) groups is 1. The molecule has 1 N–H and O–H groups in total. The first-order chi connectivity index (χ1) is 12.8. The summed E-state index contributed by atoms with van der Waals surface area (Å²) in [5, 5.41) is 3.44. The van der Waals surface area contributed by atoms with E-state index in [2.05, 4.69) is 53.4 Å². The molecule has 0 atom stereocenters. The third-order valence-electron chi connectivity index (χ3n) is 4.70. The van der Waals surface area contributed by atoms with Crippen LogP contribution in [0.25, 0.3) is 0 Å². The quantitative estimate of drug-likeness (QED) is 0.611. The highest BCUT2D eigenvalue weighted by atomic mass is 16.3. The highest BCUT2D eigenvalue weighted by Gasteiger charge is 2.15. The lowest BCUT2D eigenvalue weighted by Crippen LogP contribution is -2.39. The minimum atomic E-state index is 0.712. The summed E-state index contributed by atoms with van der Waals surface area (Å²) in [6.07, 6.45) is 4.25. The van der Waals surface area contributed by atoms with Gasteiger partial charge in [-0.25, -0.2) is 4.99 Å². The molecule has 5 nitrogen and oxygen atoms in total. The molecule has 2 aromatic rings. The van der Waals surface area contributed by atoms with E-state index in [-0.39, 0.29) is 0 Å². The molecule has 5 heteroatoms. The Hall–Kier alpha value is -2.27. The van der Waals surface area contributed by atoms with Gasteiger partial charge in [-0.15, -0.1) is 0 Å². The smallest absolute Gasteiger partial charge is 0.194 e. The lowest BCUT2D eigenvalue weighted by atomic mass is 10.1. The van der Waals surface area contributed by atoms with E-state index in [4.69, 9.17) is 9.41 Å². The summed E-state index contributed by atoms with van der Waals surface area (Å²) < 4.78 is 5.46. The van der Waals surface area contributed by atoms with Gasteiger partial charge in [-0.05, 0) is 50.1 Å². The molecule has 0 bridgehead atoms. The molecular weight excluding hydrogens is 324 g/mol. The molecule has 0 radical (unpaired) electrons. The van der Waals surface area contributed by atoms with Crippen LogP contribution in [-0.2, 0) is 19.6 Å². The van der Waals surface area contributed by atoms with Crippen LogP contribution in [-0.4, -0.2) is 42.4 Å². The predicted molar refractivity (Wildman–Crippen MR) is 106 cm³/mol. The van der Waals surface area contributed by atoms with Gasteiger partial charge in [0, 0.05) is 26.2 Å². The zero-order chi connectivity index (χ0) is 18.2. The molecule has 3 rings (SSSR count). The van der Waals surface area contributed by atoms with Crippen LogP contribution < -0.4 is 5.32 Å². The average molecular weight is 354 g/mol. The number of hydrogen-bond acceptors (Lipinski definition) is 3. The van der Waals surface area contributed by atoms with Gasteiger partial charge >= 0.3 is 0 Å². The van der Waals surface area contributed by atoms with Crippen molar-refractivity contribution in [1.29, 1.82) is 0 Å². The number of nitrogens with zero attached hydrogens (tertiary/aromatic N) is 3. The van der Waals surface area contributed by atoms with Gasteiger partial charge in [-0.3, -0.25) is 4.90 Å². The van der Waals surface area contributed by atoms with E-state index in [1.165, 1.54) is 24.0 Å². The molecule has 1 aliphatic rings. The molecule has 1 aromatic carbocycles. The van der Waals surface area contributed by atoms with E-state index in [0.717, 1.165) is 44.4 Å². The number of hydrogen-bond donors (Lipinski definition) is 1. The molecule has 2 heterocycles. The van der Waals surface area contributed by atoms with Gasteiger partial charge in [0.05, 0.1) is 19.4 Å². The Morgan fingerprint density at radius 2 is 1.88 bits per heavy atom. The standard InChI is InChI=1S/C21H30N4O/c1-3-22-21(25-12-6-7-13-25)23-15-18-9-4-5-10-19(18)16-24(2)17-20-11-8-14-26-20/h4-5,8-11,14H,3,6-7,12-13,15-17H2,1-2H3,(H,22,23). The first-order valence-electron chi connectivity index (χ1n) is 9.57. The van der Waals surface area contributed by atoms with Crippen LogP contribution in [0.15, 0.2) is 52.1 Å². The maximum absolute atomic E-state index is 5.46. The molecule has 0 unspecified atom stereocenters. The van der Waals surface area contributed by atoms with Crippen LogP contribution >= 0.6 is 0 Å². The SMILES string of the molecule is CCNC(=NCc1ccccc1CN(C)Cc1ccco1)N1CCCC1. The Morgan fingerprint density at radius 1 is 1.12 bits per heavy atom. The largest absolute Gasteiger partial charge is 0.468 e. The van der Waals surface area contributed by atoms with Crippen LogP contribution in [0.3, 0.4) is 0 Å². The fourth-order valence-corrected chi connectivity index (χ4v) is 3.40. The number of likely N-dealkylation sites (tertiary alicyclic amines) is 1. The van der Waals surface area contributed by atoms with Crippen molar-refractivity contribution in [2.24, 2.45) is 4.99 Å². The van der Waals surface area contributed by atoms with Crippen LogP contribution in [0.2, 0.25) is 0 Å². The van der Waals surface area contributed by atoms with Crippen molar-refractivity contribution in [3.05, 3.63) is 59.5 Å². The van der Waals surface area contributed by atoms with Crippen molar-refractivity contribution in [1.82, 2.24) is 15.1 Å². The number of benzene rings is 1. The van der Waals surface area contributed by atoms with Crippen molar-refractivity contribution in [2.45, 2.75) is 39.4 Å². The minimum Gasteiger partial charge on any atom is -0.468 e. The van der Waals surface area contributed by atoms with Crippen molar-refractivity contribution in [2.75, 3.05) is 26.7 Å². The average Bonchev–Trinajstić information content (AvgIpc) is 3.33. The lowest BCUT2D eigenvalue weighted by Gasteiger charge is -2.21. The third kappa shape index (κ3) is 5.11. The first kappa shape index (κ1) is 18.5. The van der Waals surface area contributed by atoms with Crippen LogP contribution in [0.1, 0.15) is 36.7 Å². The monoisotopic (exact) mass is 354 g/mol. The zero-order valence-electron chi connectivity index (χ0n) is 15.9. The highest BCUT2D eigenvalue weighted by molar-refractivity contribution is 5.80. The molecule has 0 aliphatic carbocycles. The Balaban J connectivity index is 1.66. The van der Waals surface area contributed by atoms with E-state index in [0.29, 0.717) is 6.54 Å². The van der Waals surface area contributed by atoms with Crippen LogP contribution in [0.4, 0.5) is 0 Å². The van der Waals surface area contributed by atoms with E-state index < -0.39 is 0 Å². The van der Waals surface area contributed by atoms with Gasteiger partial charge in [0.1, 0.15) is 5.76 Å². The van der Waals surface area contributed by atoms with Crippen molar-refractivity contribution in [3.8, 4) is 0 Å². The van der Waals surface area contributed by atoms with Gasteiger partial charge in [0.25, 0.3) is 0 Å². The summed E-state index contributed by atoms with van der Waals surface area (Å²) in [5.74, 6) is 2.04. The summed E-state index contributed by atoms with van der Waals surface area (Å²) in [5.41, 5.74) is 2.61. The van der Waals surface area contributed by atoms with Gasteiger partial charge in [0.2, 0.25) is 0 Å². The number of furan rings is 1. The second kappa shape index (κ2) is 9.43. The van der Waals surface area contributed by atoms with Crippen molar-refractivity contribution in [3.63, 3.8) is 0 Å². The summed E-state index contributed by atoms with van der Waals surface area (Å²) >= 11 is 0. The van der Waals surface area contributed by atoms with E-state index in [9.17, 15) is 0 Å².